The van der Waals surface area contributed by atoms with Gasteiger partial charge in [0.15, 0.2) is 0 Å². The number of rotatable bonds is 9. The number of likely N-dealkylation sites (N-methyl/N-ethyl adjacent to an activating group) is 1. The van der Waals surface area contributed by atoms with Gasteiger partial charge in [0.1, 0.15) is 0 Å². The van der Waals surface area contributed by atoms with E-state index in [1.165, 1.54) is 0 Å². The van der Waals surface area contributed by atoms with E-state index >= 15 is 0 Å². The second-order valence-electron chi connectivity index (χ2n) is 5.32. The number of hydrogen-bond acceptors (Lipinski definition) is 3. The van der Waals surface area contributed by atoms with Crippen LogP contribution in [0, 0.1) is 0 Å². The van der Waals surface area contributed by atoms with Crippen LogP contribution in [0.3, 0.4) is 0 Å². The van der Waals surface area contributed by atoms with Gasteiger partial charge in [-0.05, 0) is 33.6 Å². The highest BCUT2D eigenvalue weighted by Gasteiger charge is 2.16. The predicted molar refractivity (Wildman–Crippen MR) is 73.4 cm³/mol. The van der Waals surface area contributed by atoms with Gasteiger partial charge in [0.25, 0.3) is 0 Å². The van der Waals surface area contributed by atoms with Crippen LogP contribution >= 0.6 is 0 Å². The smallest absolute Gasteiger partial charge is 0.222 e. The summed E-state index contributed by atoms with van der Waals surface area (Å²) < 4.78 is 5.47. The molecule has 0 radical (unpaired) electrons. The number of nitrogens with zero attached hydrogens (tertiary/aromatic N) is 1. The molecule has 4 heteroatoms. The summed E-state index contributed by atoms with van der Waals surface area (Å²) in [6.07, 6.45) is 3.54. The first-order chi connectivity index (χ1) is 8.28. The van der Waals surface area contributed by atoms with E-state index in [9.17, 15) is 9.90 Å². The van der Waals surface area contributed by atoms with Crippen molar-refractivity contribution in [3.63, 3.8) is 0 Å². The van der Waals surface area contributed by atoms with Gasteiger partial charge in [-0.3, -0.25) is 4.79 Å². The minimum absolute atomic E-state index is 0.0455. The maximum absolute atomic E-state index is 11.7. The summed E-state index contributed by atoms with van der Waals surface area (Å²) in [5.74, 6) is 0.105. The van der Waals surface area contributed by atoms with E-state index < -0.39 is 5.60 Å². The van der Waals surface area contributed by atoms with E-state index in [0.717, 1.165) is 0 Å². The van der Waals surface area contributed by atoms with E-state index in [0.29, 0.717) is 32.5 Å². The van der Waals surface area contributed by atoms with Crippen molar-refractivity contribution in [2.24, 2.45) is 0 Å². The molecule has 0 spiro atoms. The molecule has 4 nitrogen and oxygen atoms in total. The van der Waals surface area contributed by atoms with Crippen LogP contribution in [0.1, 0.15) is 40.0 Å². The van der Waals surface area contributed by atoms with Crippen LogP contribution in [0.15, 0.2) is 12.7 Å². The fraction of sp³-hybridized carbons (Fsp3) is 0.786. The van der Waals surface area contributed by atoms with E-state index in [4.69, 9.17) is 4.74 Å². The monoisotopic (exact) mass is 257 g/mol. The summed E-state index contributed by atoms with van der Waals surface area (Å²) in [6.45, 7) is 10.1. The van der Waals surface area contributed by atoms with Gasteiger partial charge in [-0.1, -0.05) is 6.08 Å². The summed E-state index contributed by atoms with van der Waals surface area (Å²) in [5.41, 5.74) is -0.699. The molecule has 1 unspecified atom stereocenters. The molecule has 0 aliphatic rings. The molecule has 0 heterocycles. The molecule has 0 saturated heterocycles. The Morgan fingerprint density at radius 3 is 2.67 bits per heavy atom. The van der Waals surface area contributed by atoms with E-state index in [1.54, 1.807) is 31.9 Å². The van der Waals surface area contributed by atoms with Crippen LogP contribution in [0.2, 0.25) is 0 Å². The fourth-order valence-electron chi connectivity index (χ4n) is 1.34. The summed E-state index contributed by atoms with van der Waals surface area (Å²) in [6, 6.07) is 0.0455. The molecule has 1 atom stereocenters. The molecule has 0 saturated carbocycles. The number of aliphatic hydroxyl groups is 1. The first kappa shape index (κ1) is 17.1. The predicted octanol–water partition coefficient (Wildman–Crippen LogP) is 1.98. The third kappa shape index (κ3) is 8.25. The largest absolute Gasteiger partial charge is 0.390 e. The lowest BCUT2D eigenvalue weighted by Crippen LogP contribution is -2.38. The third-order valence-electron chi connectivity index (χ3n) is 2.83. The molecule has 0 fully saturated rings. The maximum atomic E-state index is 11.7. The van der Waals surface area contributed by atoms with Gasteiger partial charge in [0, 0.05) is 20.1 Å². The van der Waals surface area contributed by atoms with Crippen LogP contribution in [-0.2, 0) is 9.53 Å². The van der Waals surface area contributed by atoms with Crippen molar-refractivity contribution in [1.82, 2.24) is 4.90 Å². The van der Waals surface area contributed by atoms with Crippen molar-refractivity contribution in [2.45, 2.75) is 51.7 Å². The molecule has 1 amide bonds. The van der Waals surface area contributed by atoms with Crippen molar-refractivity contribution in [2.75, 3.05) is 20.3 Å². The average molecular weight is 257 g/mol. The molecular weight excluding hydrogens is 230 g/mol. The highest BCUT2D eigenvalue weighted by molar-refractivity contribution is 5.76. The number of carbonyl (C=O) groups excluding carboxylic acids is 1. The Bertz CT molecular complexity index is 258. The Kier molecular flexibility index (Phi) is 7.87. The Morgan fingerprint density at radius 1 is 1.56 bits per heavy atom. The average Bonchev–Trinajstić information content (AvgIpc) is 2.29. The van der Waals surface area contributed by atoms with Crippen LogP contribution in [0.5, 0.6) is 0 Å². The number of ether oxygens (including phenoxy) is 1. The summed E-state index contributed by atoms with van der Waals surface area (Å²) in [5, 5.41) is 9.52. The number of hydrogen-bond donors (Lipinski definition) is 1. The molecule has 18 heavy (non-hydrogen) atoms. The molecule has 0 bridgehead atoms. The lowest BCUT2D eigenvalue weighted by Gasteiger charge is -2.25. The maximum Gasteiger partial charge on any atom is 0.222 e. The molecule has 106 valence electrons. The van der Waals surface area contributed by atoms with Crippen molar-refractivity contribution in [3.05, 3.63) is 12.7 Å². The molecule has 0 aliphatic heterocycles. The second-order valence-corrected chi connectivity index (χ2v) is 5.32. The van der Waals surface area contributed by atoms with Crippen molar-refractivity contribution in [3.8, 4) is 0 Å². The SMILES string of the molecule is C=CCCC(=O)N(C)C(C)COCCC(C)(C)O. The number of carbonyl (C=O) groups is 1. The fourth-order valence-corrected chi connectivity index (χ4v) is 1.34. The summed E-state index contributed by atoms with van der Waals surface area (Å²) in [4.78, 5) is 13.4. The first-order valence-corrected chi connectivity index (χ1v) is 6.44. The molecule has 0 aromatic rings. The second kappa shape index (κ2) is 8.27. The van der Waals surface area contributed by atoms with Crippen LogP contribution in [-0.4, -0.2) is 47.8 Å². The lowest BCUT2D eigenvalue weighted by atomic mass is 10.1. The Balaban J connectivity index is 3.83. The Labute approximate surface area is 111 Å². The molecular formula is C14H27NO3. The van der Waals surface area contributed by atoms with E-state index in [1.807, 2.05) is 6.92 Å². The topological polar surface area (TPSA) is 49.8 Å². The quantitative estimate of drug-likeness (QED) is 0.507. The lowest BCUT2D eigenvalue weighted by molar-refractivity contribution is -0.132. The van der Waals surface area contributed by atoms with Gasteiger partial charge >= 0.3 is 0 Å². The van der Waals surface area contributed by atoms with Gasteiger partial charge < -0.3 is 14.7 Å². The van der Waals surface area contributed by atoms with Crippen molar-refractivity contribution < 1.29 is 14.6 Å². The zero-order valence-corrected chi connectivity index (χ0v) is 12.1. The Hall–Kier alpha value is -0.870. The third-order valence-corrected chi connectivity index (χ3v) is 2.83. The standard InChI is InChI=1S/C14H27NO3/c1-6-7-8-13(16)15(5)12(2)11-18-10-9-14(3,4)17/h6,12,17H,1,7-11H2,2-5H3. The van der Waals surface area contributed by atoms with Crippen molar-refractivity contribution in [1.29, 1.82) is 0 Å². The van der Waals surface area contributed by atoms with Gasteiger partial charge in [0.2, 0.25) is 5.91 Å². The number of amides is 1. The molecule has 1 N–H and O–H groups in total. The molecule has 0 aromatic heterocycles. The van der Waals surface area contributed by atoms with Crippen LogP contribution in [0.25, 0.3) is 0 Å². The minimum atomic E-state index is -0.699. The van der Waals surface area contributed by atoms with E-state index in [2.05, 4.69) is 6.58 Å². The Morgan fingerprint density at radius 2 is 2.17 bits per heavy atom. The van der Waals surface area contributed by atoms with Gasteiger partial charge in [-0.25, -0.2) is 0 Å². The normalized spacial score (nSPS) is 13.2. The van der Waals surface area contributed by atoms with Crippen molar-refractivity contribution >= 4 is 5.91 Å². The van der Waals surface area contributed by atoms with Gasteiger partial charge in [0.05, 0.1) is 18.2 Å². The van der Waals surface area contributed by atoms with E-state index in [-0.39, 0.29) is 11.9 Å². The summed E-state index contributed by atoms with van der Waals surface area (Å²) >= 11 is 0. The highest BCUT2D eigenvalue weighted by Crippen LogP contribution is 2.08. The molecule has 0 aromatic carbocycles. The van der Waals surface area contributed by atoms with Crippen LogP contribution < -0.4 is 0 Å². The van der Waals surface area contributed by atoms with Crippen LogP contribution in [0.4, 0.5) is 0 Å². The zero-order valence-electron chi connectivity index (χ0n) is 12.1. The first-order valence-electron chi connectivity index (χ1n) is 6.44. The zero-order chi connectivity index (χ0) is 14.2. The minimum Gasteiger partial charge on any atom is -0.390 e. The number of allylic oxidation sites excluding steroid dienone is 1. The molecule has 0 rings (SSSR count). The van der Waals surface area contributed by atoms with Gasteiger partial charge in [-0.15, -0.1) is 6.58 Å². The molecule has 0 aliphatic carbocycles. The highest BCUT2D eigenvalue weighted by atomic mass is 16.5. The van der Waals surface area contributed by atoms with Gasteiger partial charge in [-0.2, -0.15) is 0 Å². The summed E-state index contributed by atoms with van der Waals surface area (Å²) in [7, 11) is 1.79.